The minimum absolute atomic E-state index is 0.800. The fourth-order valence-electron chi connectivity index (χ4n) is 0.564. The number of hydrogen-bond donors (Lipinski definition) is 2. The Labute approximate surface area is 83.1 Å². The molecule has 1 unspecified atom stereocenters. The smallest absolute Gasteiger partial charge is 0.238 e. The van der Waals surface area contributed by atoms with Crippen LogP contribution in [0.25, 0.3) is 0 Å². The Morgan fingerprint density at radius 3 is 2.29 bits per heavy atom. The molecule has 0 aliphatic carbocycles. The maximum absolute atomic E-state index is 11.3. The third-order valence-electron chi connectivity index (χ3n) is 1.66. The standard InChI is InChI=1S/C7H13N3O3S/c1-5(4-8)14(12,13)10-7(2,3)6(9)11/h5,10H,1-3H3,(H2,9,11). The summed E-state index contributed by atoms with van der Waals surface area (Å²) in [5, 5.41) is 7.20. The minimum Gasteiger partial charge on any atom is -0.368 e. The molecule has 1 atom stereocenters. The van der Waals surface area contributed by atoms with E-state index in [0.29, 0.717) is 0 Å². The van der Waals surface area contributed by atoms with Crippen LogP contribution < -0.4 is 10.5 Å². The molecule has 0 fully saturated rings. The highest BCUT2D eigenvalue weighted by atomic mass is 32.2. The molecule has 7 heteroatoms. The van der Waals surface area contributed by atoms with E-state index in [1.807, 2.05) is 0 Å². The van der Waals surface area contributed by atoms with E-state index in [4.69, 9.17) is 11.0 Å². The highest BCUT2D eigenvalue weighted by molar-refractivity contribution is 7.90. The van der Waals surface area contributed by atoms with E-state index >= 15 is 0 Å². The Kier molecular flexibility index (Phi) is 3.62. The van der Waals surface area contributed by atoms with Gasteiger partial charge in [0.15, 0.2) is 5.25 Å². The minimum atomic E-state index is -3.82. The zero-order valence-electron chi connectivity index (χ0n) is 8.23. The number of nitriles is 1. The Hall–Kier alpha value is -1.13. The molecule has 0 aromatic heterocycles. The second kappa shape index (κ2) is 3.94. The number of amides is 1. The quantitative estimate of drug-likeness (QED) is 0.636. The number of sulfonamides is 1. The van der Waals surface area contributed by atoms with Crippen molar-refractivity contribution in [1.82, 2.24) is 4.72 Å². The van der Waals surface area contributed by atoms with Crippen molar-refractivity contribution in [2.24, 2.45) is 5.73 Å². The van der Waals surface area contributed by atoms with Gasteiger partial charge in [-0.25, -0.2) is 8.42 Å². The Balaban J connectivity index is 4.88. The summed E-state index contributed by atoms with van der Waals surface area (Å²) in [5.74, 6) is -0.800. The van der Waals surface area contributed by atoms with Crippen molar-refractivity contribution in [3.05, 3.63) is 0 Å². The number of rotatable bonds is 4. The van der Waals surface area contributed by atoms with Crippen molar-refractivity contribution in [2.45, 2.75) is 31.6 Å². The first kappa shape index (κ1) is 12.9. The second-order valence-electron chi connectivity index (χ2n) is 3.41. The number of carbonyl (C=O) groups is 1. The molecule has 0 aliphatic heterocycles. The van der Waals surface area contributed by atoms with Gasteiger partial charge < -0.3 is 5.73 Å². The third-order valence-corrected chi connectivity index (χ3v) is 3.49. The first-order valence-corrected chi connectivity index (χ1v) is 5.40. The lowest BCUT2D eigenvalue weighted by atomic mass is 10.1. The summed E-state index contributed by atoms with van der Waals surface area (Å²) in [4.78, 5) is 10.8. The maximum Gasteiger partial charge on any atom is 0.238 e. The Morgan fingerprint density at radius 1 is 1.57 bits per heavy atom. The zero-order chi connectivity index (χ0) is 11.6. The lowest BCUT2D eigenvalue weighted by Gasteiger charge is -2.22. The predicted molar refractivity (Wildman–Crippen MR) is 50.4 cm³/mol. The molecule has 0 heterocycles. The molecule has 14 heavy (non-hydrogen) atoms. The fraction of sp³-hybridized carbons (Fsp3) is 0.714. The van der Waals surface area contributed by atoms with Gasteiger partial charge in [0.2, 0.25) is 15.9 Å². The molecule has 0 saturated heterocycles. The van der Waals surface area contributed by atoms with Gasteiger partial charge >= 0.3 is 0 Å². The van der Waals surface area contributed by atoms with Crippen molar-refractivity contribution < 1.29 is 13.2 Å². The predicted octanol–water partition coefficient (Wildman–Crippen LogP) is -0.918. The van der Waals surface area contributed by atoms with Gasteiger partial charge in [-0.2, -0.15) is 9.98 Å². The van der Waals surface area contributed by atoms with Crippen molar-refractivity contribution in [3.8, 4) is 6.07 Å². The van der Waals surface area contributed by atoms with Crippen LogP contribution in [0.3, 0.4) is 0 Å². The molecular formula is C7H13N3O3S. The first-order valence-electron chi connectivity index (χ1n) is 3.86. The number of nitrogens with zero attached hydrogens (tertiary/aromatic N) is 1. The summed E-state index contributed by atoms with van der Waals surface area (Å²) in [6.07, 6.45) is 0. The van der Waals surface area contributed by atoms with Gasteiger partial charge in [-0.05, 0) is 20.8 Å². The van der Waals surface area contributed by atoms with Crippen molar-refractivity contribution in [2.75, 3.05) is 0 Å². The average Bonchev–Trinajstić information content (AvgIpc) is 2.00. The highest BCUT2D eigenvalue weighted by Crippen LogP contribution is 2.06. The summed E-state index contributed by atoms with van der Waals surface area (Å²) < 4.78 is 24.7. The molecule has 0 aliphatic rings. The zero-order valence-corrected chi connectivity index (χ0v) is 9.05. The van der Waals surface area contributed by atoms with Gasteiger partial charge in [-0.15, -0.1) is 0 Å². The third kappa shape index (κ3) is 2.97. The number of carbonyl (C=O) groups excluding carboxylic acids is 1. The number of primary amides is 1. The molecule has 6 nitrogen and oxygen atoms in total. The van der Waals surface area contributed by atoms with Crippen molar-refractivity contribution in [1.29, 1.82) is 5.26 Å². The van der Waals surface area contributed by atoms with Crippen LogP contribution in [-0.4, -0.2) is 25.1 Å². The van der Waals surface area contributed by atoms with Crippen LogP contribution in [0.5, 0.6) is 0 Å². The van der Waals surface area contributed by atoms with E-state index in [1.165, 1.54) is 20.8 Å². The SMILES string of the molecule is CC(C#N)S(=O)(=O)NC(C)(C)C(N)=O. The molecule has 0 saturated carbocycles. The largest absolute Gasteiger partial charge is 0.368 e. The average molecular weight is 219 g/mol. The van der Waals surface area contributed by atoms with Gasteiger partial charge in [0, 0.05) is 0 Å². The van der Waals surface area contributed by atoms with Crippen LogP contribution in [0.15, 0.2) is 0 Å². The van der Waals surface area contributed by atoms with Crippen LogP contribution >= 0.6 is 0 Å². The molecule has 1 amide bonds. The summed E-state index contributed by atoms with van der Waals surface area (Å²) >= 11 is 0. The van der Waals surface area contributed by atoms with Crippen LogP contribution in [0.1, 0.15) is 20.8 Å². The lowest BCUT2D eigenvalue weighted by molar-refractivity contribution is -0.122. The molecular weight excluding hydrogens is 206 g/mol. The van der Waals surface area contributed by atoms with Crippen molar-refractivity contribution in [3.63, 3.8) is 0 Å². The topological polar surface area (TPSA) is 113 Å². The molecule has 0 radical (unpaired) electrons. The van der Waals surface area contributed by atoms with E-state index in [9.17, 15) is 13.2 Å². The van der Waals surface area contributed by atoms with E-state index in [1.54, 1.807) is 6.07 Å². The highest BCUT2D eigenvalue weighted by Gasteiger charge is 2.33. The molecule has 0 spiro atoms. The summed E-state index contributed by atoms with van der Waals surface area (Å²) in [7, 11) is -3.82. The monoisotopic (exact) mass is 219 g/mol. The Morgan fingerprint density at radius 2 is 2.00 bits per heavy atom. The van der Waals surface area contributed by atoms with Gasteiger partial charge in [0.1, 0.15) is 5.54 Å². The van der Waals surface area contributed by atoms with E-state index in [2.05, 4.69) is 4.72 Å². The van der Waals surface area contributed by atoms with Crippen molar-refractivity contribution >= 4 is 15.9 Å². The van der Waals surface area contributed by atoms with Gasteiger partial charge in [-0.3, -0.25) is 4.79 Å². The number of hydrogen-bond acceptors (Lipinski definition) is 4. The van der Waals surface area contributed by atoms with E-state index < -0.39 is 26.7 Å². The van der Waals surface area contributed by atoms with Crippen LogP contribution in [0.2, 0.25) is 0 Å². The molecule has 0 rings (SSSR count). The maximum atomic E-state index is 11.3. The molecule has 0 aromatic rings. The first-order chi connectivity index (χ1) is 6.13. The normalized spacial score (nSPS) is 14.4. The molecule has 0 bridgehead atoms. The summed E-state index contributed by atoms with van der Waals surface area (Å²) in [5.41, 5.74) is 3.59. The summed E-state index contributed by atoms with van der Waals surface area (Å²) in [6, 6.07) is 1.56. The molecule has 0 aromatic carbocycles. The number of nitrogens with two attached hydrogens (primary N) is 1. The number of nitrogens with one attached hydrogen (secondary N) is 1. The van der Waals surface area contributed by atoms with Crippen LogP contribution in [0.4, 0.5) is 0 Å². The summed E-state index contributed by atoms with van der Waals surface area (Å²) in [6.45, 7) is 3.88. The van der Waals surface area contributed by atoms with Gasteiger partial charge in [0.05, 0.1) is 6.07 Å². The van der Waals surface area contributed by atoms with E-state index in [0.717, 1.165) is 0 Å². The molecule has 3 N–H and O–H groups in total. The van der Waals surface area contributed by atoms with Crippen LogP contribution in [-0.2, 0) is 14.8 Å². The fourth-order valence-corrected chi connectivity index (χ4v) is 1.69. The van der Waals surface area contributed by atoms with Crippen LogP contribution in [0, 0.1) is 11.3 Å². The lowest BCUT2D eigenvalue weighted by Crippen LogP contribution is -2.54. The molecule has 80 valence electrons. The van der Waals surface area contributed by atoms with Gasteiger partial charge in [0.25, 0.3) is 0 Å². The van der Waals surface area contributed by atoms with Gasteiger partial charge in [-0.1, -0.05) is 0 Å². The van der Waals surface area contributed by atoms with E-state index in [-0.39, 0.29) is 0 Å². The second-order valence-corrected chi connectivity index (χ2v) is 5.41. The Bertz CT molecular complexity index is 366.